The van der Waals surface area contributed by atoms with Crippen LogP contribution in [0, 0.1) is 0 Å². The van der Waals surface area contributed by atoms with Gasteiger partial charge in [0.05, 0.1) is 12.7 Å². The quantitative estimate of drug-likeness (QED) is 0.135. The fourth-order valence-electron chi connectivity index (χ4n) is 4.39. The molecule has 34 heavy (non-hydrogen) atoms. The number of amides is 1. The summed E-state index contributed by atoms with van der Waals surface area (Å²) in [4.78, 5) is 23.5. The highest BCUT2D eigenvalue weighted by Crippen LogP contribution is 2.15. The van der Waals surface area contributed by atoms with Crippen molar-refractivity contribution in [2.75, 3.05) is 12.4 Å². The van der Waals surface area contributed by atoms with Crippen LogP contribution >= 0.6 is 0 Å². The zero-order valence-electron chi connectivity index (χ0n) is 22.2. The minimum absolute atomic E-state index is 0.0396. The van der Waals surface area contributed by atoms with Crippen LogP contribution in [0.25, 0.3) is 0 Å². The van der Waals surface area contributed by atoms with Crippen LogP contribution in [0.2, 0.25) is 0 Å². The molecule has 0 radical (unpaired) electrons. The van der Waals surface area contributed by atoms with E-state index in [2.05, 4.69) is 17.0 Å². The van der Waals surface area contributed by atoms with Crippen molar-refractivity contribution in [3.63, 3.8) is 0 Å². The van der Waals surface area contributed by atoms with Crippen molar-refractivity contribution in [2.45, 2.75) is 135 Å². The molecule has 1 rings (SSSR count). The Balaban J connectivity index is 1.83. The molecule has 0 bridgehead atoms. The van der Waals surface area contributed by atoms with Gasteiger partial charge >= 0.3 is 5.97 Å². The lowest BCUT2D eigenvalue weighted by Crippen LogP contribution is -2.11. The van der Waals surface area contributed by atoms with Crippen LogP contribution in [0.15, 0.2) is 24.3 Å². The Bertz CT molecular complexity index is 626. The van der Waals surface area contributed by atoms with Gasteiger partial charge in [0.2, 0.25) is 5.91 Å². The Morgan fingerprint density at radius 1 is 0.618 bits per heavy atom. The number of unbranched alkanes of at least 4 members (excludes halogenated alkanes) is 18. The molecule has 1 aromatic carbocycles. The van der Waals surface area contributed by atoms with E-state index in [0.29, 0.717) is 12.0 Å². The highest BCUT2D eigenvalue weighted by atomic mass is 16.5. The van der Waals surface area contributed by atoms with Crippen LogP contribution < -0.4 is 5.32 Å². The molecule has 4 nitrogen and oxygen atoms in total. The second-order valence-electron chi connectivity index (χ2n) is 9.73. The summed E-state index contributed by atoms with van der Waals surface area (Å²) in [5.74, 6) is -0.329. The molecule has 1 amide bonds. The van der Waals surface area contributed by atoms with Gasteiger partial charge in [-0.05, 0) is 30.7 Å². The monoisotopic (exact) mass is 473 g/mol. The van der Waals surface area contributed by atoms with Crippen molar-refractivity contribution in [1.82, 2.24) is 0 Å². The Morgan fingerprint density at radius 3 is 1.38 bits per heavy atom. The van der Waals surface area contributed by atoms with E-state index in [4.69, 9.17) is 0 Å². The first-order valence-electron chi connectivity index (χ1n) is 14.2. The maximum absolute atomic E-state index is 12.1. The number of nitrogens with one attached hydrogen (secondary N) is 1. The number of anilines is 1. The van der Waals surface area contributed by atoms with Crippen molar-refractivity contribution in [3.8, 4) is 0 Å². The first-order valence-corrected chi connectivity index (χ1v) is 14.2. The summed E-state index contributed by atoms with van der Waals surface area (Å²) in [7, 11) is 1.36. The topological polar surface area (TPSA) is 55.4 Å². The summed E-state index contributed by atoms with van der Waals surface area (Å²) in [6.07, 6.45) is 26.3. The largest absolute Gasteiger partial charge is 0.465 e. The van der Waals surface area contributed by atoms with Gasteiger partial charge < -0.3 is 10.1 Å². The Morgan fingerprint density at radius 2 is 1.00 bits per heavy atom. The molecule has 0 atom stereocenters. The summed E-state index contributed by atoms with van der Waals surface area (Å²) in [5.41, 5.74) is 1.20. The number of rotatable bonds is 22. The predicted octanol–water partition coefficient (Wildman–Crippen LogP) is 9.23. The molecule has 1 N–H and O–H groups in total. The predicted molar refractivity (Wildman–Crippen MR) is 144 cm³/mol. The van der Waals surface area contributed by atoms with Crippen molar-refractivity contribution in [1.29, 1.82) is 0 Å². The summed E-state index contributed by atoms with van der Waals surface area (Å²) in [5, 5.41) is 2.89. The van der Waals surface area contributed by atoms with E-state index >= 15 is 0 Å². The Labute approximate surface area is 209 Å². The number of carbonyl (C=O) groups is 2. The van der Waals surface area contributed by atoms with Crippen LogP contribution in [0.4, 0.5) is 5.69 Å². The highest BCUT2D eigenvalue weighted by Gasteiger charge is 2.06. The fraction of sp³-hybridized carbons (Fsp3) is 0.733. The van der Waals surface area contributed by atoms with Gasteiger partial charge in [0, 0.05) is 12.1 Å². The summed E-state index contributed by atoms with van der Waals surface area (Å²) < 4.78 is 4.68. The molecule has 0 aliphatic heterocycles. The van der Waals surface area contributed by atoms with Crippen LogP contribution in [0.1, 0.15) is 146 Å². The maximum Gasteiger partial charge on any atom is 0.337 e. The first-order chi connectivity index (χ1) is 16.7. The average molecular weight is 474 g/mol. The summed E-state index contributed by atoms with van der Waals surface area (Å²) in [6, 6.07) is 6.80. The third kappa shape index (κ3) is 16.7. The number of ether oxygens (including phenoxy) is 1. The van der Waals surface area contributed by atoms with Crippen molar-refractivity contribution < 1.29 is 14.3 Å². The molecule has 0 aromatic heterocycles. The van der Waals surface area contributed by atoms with Gasteiger partial charge in [-0.3, -0.25) is 4.79 Å². The second-order valence-corrected chi connectivity index (χ2v) is 9.73. The third-order valence-corrected chi connectivity index (χ3v) is 6.60. The van der Waals surface area contributed by atoms with E-state index in [-0.39, 0.29) is 11.9 Å². The average Bonchev–Trinajstić information content (AvgIpc) is 2.85. The minimum atomic E-state index is -0.369. The smallest absolute Gasteiger partial charge is 0.337 e. The van der Waals surface area contributed by atoms with Gasteiger partial charge in [-0.2, -0.15) is 0 Å². The summed E-state index contributed by atoms with van der Waals surface area (Å²) in [6.45, 7) is 2.28. The lowest BCUT2D eigenvalue weighted by molar-refractivity contribution is -0.116. The molecule has 1 aromatic rings. The first kappa shape index (κ1) is 30.2. The number of carbonyl (C=O) groups excluding carboxylic acids is 2. The molecule has 0 aliphatic carbocycles. The molecule has 194 valence electrons. The van der Waals surface area contributed by atoms with Gasteiger partial charge in [-0.1, -0.05) is 122 Å². The molecule has 0 spiro atoms. The number of methoxy groups -OCH3 is 1. The maximum atomic E-state index is 12.1. The lowest BCUT2D eigenvalue weighted by atomic mass is 10.0. The number of hydrogen-bond acceptors (Lipinski definition) is 3. The van der Waals surface area contributed by atoms with E-state index in [1.807, 2.05) is 0 Å². The summed E-state index contributed by atoms with van der Waals surface area (Å²) >= 11 is 0. The van der Waals surface area contributed by atoms with E-state index in [1.165, 1.54) is 116 Å². The number of benzene rings is 1. The molecule has 0 unspecified atom stereocenters. The highest BCUT2D eigenvalue weighted by molar-refractivity contribution is 5.92. The standard InChI is InChI=1S/C30H51NO3/c1-3-4-5-6-7-8-9-10-11-12-13-14-15-16-17-18-19-20-21-22-29(32)31-28-25-23-27(24-26-28)30(33)34-2/h23-26H,3-22H2,1-2H3,(H,31,32). The molecule has 0 heterocycles. The van der Waals surface area contributed by atoms with Crippen molar-refractivity contribution >= 4 is 17.6 Å². The molecular weight excluding hydrogens is 422 g/mol. The number of esters is 1. The van der Waals surface area contributed by atoms with E-state index in [1.54, 1.807) is 24.3 Å². The van der Waals surface area contributed by atoms with Crippen LogP contribution in [-0.4, -0.2) is 19.0 Å². The van der Waals surface area contributed by atoms with E-state index in [9.17, 15) is 9.59 Å². The second kappa shape index (κ2) is 21.7. The molecule has 4 heteroatoms. The van der Waals surface area contributed by atoms with Crippen molar-refractivity contribution in [3.05, 3.63) is 29.8 Å². The van der Waals surface area contributed by atoms with Gasteiger partial charge in [0.1, 0.15) is 0 Å². The van der Waals surface area contributed by atoms with Crippen LogP contribution in [-0.2, 0) is 9.53 Å². The van der Waals surface area contributed by atoms with Crippen molar-refractivity contribution in [2.24, 2.45) is 0 Å². The molecule has 0 fully saturated rings. The minimum Gasteiger partial charge on any atom is -0.465 e. The Kier molecular flexibility index (Phi) is 19.2. The van der Waals surface area contributed by atoms with Gasteiger partial charge in [0.15, 0.2) is 0 Å². The Hall–Kier alpha value is -1.84. The zero-order valence-corrected chi connectivity index (χ0v) is 22.2. The van der Waals surface area contributed by atoms with Crippen LogP contribution in [0.3, 0.4) is 0 Å². The third-order valence-electron chi connectivity index (χ3n) is 6.60. The normalized spacial score (nSPS) is 10.9. The molecular formula is C30H51NO3. The molecule has 0 aliphatic rings. The number of hydrogen-bond donors (Lipinski definition) is 1. The lowest BCUT2D eigenvalue weighted by Gasteiger charge is -2.06. The van der Waals surface area contributed by atoms with E-state index < -0.39 is 0 Å². The zero-order chi connectivity index (χ0) is 24.7. The van der Waals surface area contributed by atoms with Crippen LogP contribution in [0.5, 0.6) is 0 Å². The van der Waals surface area contributed by atoms with Gasteiger partial charge in [-0.15, -0.1) is 0 Å². The molecule has 0 saturated heterocycles. The van der Waals surface area contributed by atoms with E-state index in [0.717, 1.165) is 18.5 Å². The fourth-order valence-corrected chi connectivity index (χ4v) is 4.39. The SMILES string of the molecule is CCCCCCCCCCCCCCCCCCCCCC(=O)Nc1ccc(C(=O)OC)cc1. The van der Waals surface area contributed by atoms with Gasteiger partial charge in [0.25, 0.3) is 0 Å². The molecule has 0 saturated carbocycles. The van der Waals surface area contributed by atoms with Gasteiger partial charge in [-0.25, -0.2) is 4.79 Å².